The zero-order valence-corrected chi connectivity index (χ0v) is 18.3. The molecule has 0 atom stereocenters. The highest BCUT2D eigenvalue weighted by Gasteiger charge is 2.57. The van der Waals surface area contributed by atoms with Crippen LogP contribution in [0.25, 0.3) is 0 Å². The molecule has 0 bridgehead atoms. The van der Waals surface area contributed by atoms with Crippen LogP contribution in [0, 0.1) is 0 Å². The Kier molecular flexibility index (Phi) is 7.28. The van der Waals surface area contributed by atoms with Crippen molar-refractivity contribution in [1.82, 2.24) is 0 Å². The summed E-state index contributed by atoms with van der Waals surface area (Å²) in [6, 6.07) is 11.4. The van der Waals surface area contributed by atoms with Gasteiger partial charge in [0.25, 0.3) is 3.79 Å². The van der Waals surface area contributed by atoms with E-state index in [0.717, 1.165) is 0 Å². The van der Waals surface area contributed by atoms with Crippen LogP contribution in [0.5, 0.6) is 0 Å². The predicted molar refractivity (Wildman–Crippen MR) is 109 cm³/mol. The van der Waals surface area contributed by atoms with Crippen LogP contribution in [-0.4, -0.2) is 29.7 Å². The highest BCUT2D eigenvalue weighted by molar-refractivity contribution is 7.92. The van der Waals surface area contributed by atoms with Crippen LogP contribution in [0.4, 0.5) is 8.78 Å². The van der Waals surface area contributed by atoms with Gasteiger partial charge >= 0.3 is 5.92 Å². The van der Waals surface area contributed by atoms with Crippen LogP contribution in [0.2, 0.25) is 10.0 Å². The molecule has 0 radical (unpaired) electrons. The Morgan fingerprint density at radius 3 is 1.54 bits per heavy atom. The van der Waals surface area contributed by atoms with Crippen molar-refractivity contribution in [3.8, 4) is 0 Å². The van der Waals surface area contributed by atoms with E-state index in [-0.39, 0.29) is 11.1 Å². The van der Waals surface area contributed by atoms with Gasteiger partial charge in [0.15, 0.2) is 9.84 Å². The first-order valence-electron chi connectivity index (χ1n) is 7.46. The number of carbonyl (C=O) groups excluding carboxylic acids is 1. The lowest BCUT2D eigenvalue weighted by molar-refractivity contribution is -0.139. The third-order valence-electron chi connectivity index (χ3n) is 3.74. The maximum absolute atomic E-state index is 14.0. The molecule has 0 aliphatic carbocycles. The molecule has 0 aliphatic heterocycles. The molecule has 0 saturated carbocycles. The van der Waals surface area contributed by atoms with E-state index in [0.29, 0.717) is 10.0 Å². The number of Topliss-reactive ketones (excluding diaryl/α,β-unsaturated/α-hetero) is 1. The van der Waals surface area contributed by atoms with Crippen LogP contribution < -0.4 is 0 Å². The Hall–Kier alpha value is -0.630. The van der Waals surface area contributed by atoms with E-state index in [1.54, 1.807) is 0 Å². The molecule has 2 aromatic carbocycles. The van der Waals surface area contributed by atoms with Crippen molar-refractivity contribution in [2.75, 3.05) is 5.75 Å². The van der Waals surface area contributed by atoms with Gasteiger partial charge in [-0.2, -0.15) is 8.78 Å². The maximum atomic E-state index is 14.0. The fourth-order valence-electron chi connectivity index (χ4n) is 2.40. The SMILES string of the molecule is O=C(CS(=O)(=O)C(c1ccc(Cl)cc1)c1ccc(Cl)cc1)C(F)(F)C(Cl)(Cl)Cl. The summed E-state index contributed by atoms with van der Waals surface area (Å²) in [5, 5.41) is -0.748. The van der Waals surface area contributed by atoms with Crippen LogP contribution in [-0.2, 0) is 14.6 Å². The van der Waals surface area contributed by atoms with Crippen molar-refractivity contribution in [3.05, 3.63) is 69.7 Å². The van der Waals surface area contributed by atoms with Crippen molar-refractivity contribution in [3.63, 3.8) is 0 Å². The number of carbonyl (C=O) groups is 1. The third-order valence-corrected chi connectivity index (χ3v) is 6.89. The van der Waals surface area contributed by atoms with Crippen LogP contribution in [0.3, 0.4) is 0 Å². The summed E-state index contributed by atoms with van der Waals surface area (Å²) in [5.41, 5.74) is 0.438. The monoisotopic (exact) mass is 508 g/mol. The second-order valence-electron chi connectivity index (χ2n) is 5.79. The number of hydrogen-bond acceptors (Lipinski definition) is 3. The third kappa shape index (κ3) is 5.29. The largest absolute Gasteiger partial charge is 0.352 e. The summed E-state index contributed by atoms with van der Waals surface area (Å²) < 4.78 is 50.6. The molecular weight excluding hydrogens is 500 g/mol. The molecule has 0 unspecified atom stereocenters. The number of halogens is 7. The number of sulfone groups is 1. The molecule has 2 rings (SSSR count). The minimum atomic E-state index is -4.49. The van der Waals surface area contributed by atoms with Crippen molar-refractivity contribution < 1.29 is 22.0 Å². The average Bonchev–Trinajstić information content (AvgIpc) is 2.57. The Labute approximate surface area is 185 Å². The van der Waals surface area contributed by atoms with Gasteiger partial charge in [-0.3, -0.25) is 4.79 Å². The van der Waals surface area contributed by atoms with E-state index in [4.69, 9.17) is 58.0 Å². The molecule has 28 heavy (non-hydrogen) atoms. The molecule has 0 heterocycles. The number of hydrogen-bond donors (Lipinski definition) is 0. The molecule has 11 heteroatoms. The highest BCUT2D eigenvalue weighted by atomic mass is 35.6. The second-order valence-corrected chi connectivity index (χ2v) is 11.0. The molecule has 0 N–H and O–H groups in total. The van der Waals surface area contributed by atoms with Crippen LogP contribution in [0.1, 0.15) is 16.4 Å². The number of alkyl halides is 5. The molecule has 0 amide bonds. The molecule has 0 aromatic heterocycles. The Balaban J connectivity index is 2.51. The lowest BCUT2D eigenvalue weighted by atomic mass is 10.0. The first-order chi connectivity index (χ1) is 12.8. The van der Waals surface area contributed by atoms with E-state index in [2.05, 4.69) is 0 Å². The van der Waals surface area contributed by atoms with Crippen molar-refractivity contribution in [2.45, 2.75) is 15.0 Å². The maximum Gasteiger partial charge on any atom is 0.352 e. The van der Waals surface area contributed by atoms with Gasteiger partial charge in [0.1, 0.15) is 11.0 Å². The quantitative estimate of drug-likeness (QED) is 0.443. The van der Waals surface area contributed by atoms with Crippen LogP contribution in [0.15, 0.2) is 48.5 Å². The lowest BCUT2D eigenvalue weighted by Crippen LogP contribution is -2.45. The molecule has 2 aromatic rings. The number of benzene rings is 2. The number of ketones is 1. The molecule has 3 nitrogen and oxygen atoms in total. The number of rotatable bonds is 6. The Morgan fingerprint density at radius 1 is 0.857 bits per heavy atom. The normalized spacial score (nSPS) is 13.0. The fourth-order valence-corrected chi connectivity index (χ4v) is 4.82. The van der Waals surface area contributed by atoms with E-state index in [9.17, 15) is 22.0 Å². The summed E-state index contributed by atoms with van der Waals surface area (Å²) in [4.78, 5) is 12.0. The standard InChI is InChI=1S/C17H11Cl5F2O3S/c18-12-5-1-10(2-6-12)15(11-3-7-13(19)8-4-11)28(26,27)9-14(25)16(23,24)17(20,21)22/h1-8,15H,9H2. The fraction of sp³-hybridized carbons (Fsp3) is 0.235. The van der Waals surface area contributed by atoms with E-state index >= 15 is 0 Å². The predicted octanol–water partition coefficient (Wildman–Crippen LogP) is 6.07. The first kappa shape index (κ1) is 23.6. The molecule has 152 valence electrons. The van der Waals surface area contributed by atoms with Gasteiger partial charge in [-0.05, 0) is 35.4 Å². The zero-order chi connectivity index (χ0) is 21.3. The summed E-state index contributed by atoms with van der Waals surface area (Å²) in [6.07, 6.45) is 0. The summed E-state index contributed by atoms with van der Waals surface area (Å²) in [5.74, 6) is -8.06. The Bertz CT molecular complexity index is 910. The smallest absolute Gasteiger partial charge is 0.292 e. The second kappa shape index (κ2) is 8.62. The van der Waals surface area contributed by atoms with Gasteiger partial charge in [-0.25, -0.2) is 8.42 Å². The van der Waals surface area contributed by atoms with Gasteiger partial charge in [-0.15, -0.1) is 0 Å². The minimum Gasteiger partial charge on any atom is -0.292 e. The molecule has 0 saturated heterocycles. The van der Waals surface area contributed by atoms with Crippen molar-refractivity contribution in [2.24, 2.45) is 0 Å². The molecule has 0 aliphatic rings. The first-order valence-corrected chi connectivity index (χ1v) is 11.1. The van der Waals surface area contributed by atoms with Crippen molar-refractivity contribution >= 4 is 73.6 Å². The van der Waals surface area contributed by atoms with Gasteiger partial charge in [0.05, 0.1) is 0 Å². The van der Waals surface area contributed by atoms with E-state index in [1.807, 2.05) is 0 Å². The van der Waals surface area contributed by atoms with Crippen LogP contribution >= 0.6 is 58.0 Å². The summed E-state index contributed by atoms with van der Waals surface area (Å²) in [6.45, 7) is 0. The highest BCUT2D eigenvalue weighted by Crippen LogP contribution is 2.43. The van der Waals surface area contributed by atoms with Gasteiger partial charge in [-0.1, -0.05) is 82.3 Å². The van der Waals surface area contributed by atoms with E-state index < -0.39 is 36.3 Å². The van der Waals surface area contributed by atoms with Crippen molar-refractivity contribution in [1.29, 1.82) is 0 Å². The zero-order valence-electron chi connectivity index (χ0n) is 13.7. The Morgan fingerprint density at radius 2 is 1.21 bits per heavy atom. The summed E-state index contributed by atoms with van der Waals surface area (Å²) in [7, 11) is -4.49. The topological polar surface area (TPSA) is 51.2 Å². The van der Waals surface area contributed by atoms with Gasteiger partial charge in [0, 0.05) is 10.0 Å². The lowest BCUT2D eigenvalue weighted by Gasteiger charge is -2.24. The molecular formula is C17H11Cl5F2O3S. The van der Waals surface area contributed by atoms with Gasteiger partial charge < -0.3 is 0 Å². The average molecular weight is 511 g/mol. The molecule has 0 spiro atoms. The molecule has 0 fully saturated rings. The van der Waals surface area contributed by atoms with E-state index in [1.165, 1.54) is 48.5 Å². The minimum absolute atomic E-state index is 0.219. The van der Waals surface area contributed by atoms with Gasteiger partial charge in [0.2, 0.25) is 5.78 Å². The summed E-state index contributed by atoms with van der Waals surface area (Å²) >= 11 is 27.1.